The van der Waals surface area contributed by atoms with Crippen molar-refractivity contribution in [1.29, 1.82) is 0 Å². The smallest absolute Gasteiger partial charge is 0.280 e. The number of Topliss-reactive ketones (excluding diaryl/α,β-unsaturated/α-hetero) is 2. The number of aromatic nitrogens is 4. The summed E-state index contributed by atoms with van der Waals surface area (Å²) in [5.74, 6) is 1.74. The van der Waals surface area contributed by atoms with E-state index in [0.29, 0.717) is 74.1 Å². The molecule has 1 aliphatic heterocycles. The van der Waals surface area contributed by atoms with Gasteiger partial charge in [-0.25, -0.2) is 9.97 Å². The van der Waals surface area contributed by atoms with Gasteiger partial charge in [-0.15, -0.1) is 0 Å². The number of nitrogens with zero attached hydrogens (tertiary/aromatic N) is 5. The first-order valence-corrected chi connectivity index (χ1v) is 37.3. The molecule has 524 valence electrons. The van der Waals surface area contributed by atoms with Crippen LogP contribution in [-0.4, -0.2) is 122 Å². The minimum atomic E-state index is -1.03. The number of benzene rings is 4. The topological polar surface area (TPSA) is 252 Å². The van der Waals surface area contributed by atoms with Crippen LogP contribution in [0.5, 0.6) is 11.5 Å². The number of unbranched alkanes of at least 4 members (excludes halogenated alkanes) is 13. The van der Waals surface area contributed by atoms with Gasteiger partial charge in [0.05, 0.1) is 51.4 Å². The Morgan fingerprint density at radius 3 is 1.78 bits per heavy atom. The van der Waals surface area contributed by atoms with Gasteiger partial charge in [-0.3, -0.25) is 43.9 Å². The largest absolute Gasteiger partial charge is 0.497 e. The van der Waals surface area contributed by atoms with Crippen LogP contribution in [0.1, 0.15) is 215 Å². The summed E-state index contributed by atoms with van der Waals surface area (Å²) in [5, 5.41) is 16.7. The summed E-state index contributed by atoms with van der Waals surface area (Å²) in [4.78, 5) is 109. The van der Waals surface area contributed by atoms with Gasteiger partial charge < -0.3 is 34.4 Å². The van der Waals surface area contributed by atoms with Crippen LogP contribution in [0.25, 0.3) is 11.2 Å². The summed E-state index contributed by atoms with van der Waals surface area (Å²) < 4.78 is 18.1. The maximum Gasteiger partial charge on any atom is 0.280 e. The Bertz CT molecular complexity index is 3450. The summed E-state index contributed by atoms with van der Waals surface area (Å²) in [6.45, 7) is 9.39. The van der Waals surface area contributed by atoms with Crippen molar-refractivity contribution in [3.05, 3.63) is 148 Å². The molecule has 0 bridgehead atoms. The molecular weight excluding hydrogens is 1270 g/mol. The summed E-state index contributed by atoms with van der Waals surface area (Å²) >= 11 is 0. The molecule has 4 aromatic carbocycles. The van der Waals surface area contributed by atoms with Crippen molar-refractivity contribution >= 4 is 79.6 Å². The number of H-pyrrole nitrogens is 1. The lowest BCUT2D eigenvalue weighted by atomic mass is 9.80. The number of aliphatic hydroxyl groups excluding tert-OH is 1. The molecule has 1 aliphatic rings. The van der Waals surface area contributed by atoms with Crippen LogP contribution < -0.4 is 30.6 Å². The van der Waals surface area contributed by atoms with Crippen molar-refractivity contribution < 1.29 is 48.1 Å². The van der Waals surface area contributed by atoms with Crippen molar-refractivity contribution in [2.45, 2.75) is 218 Å². The number of ketones is 2. The van der Waals surface area contributed by atoms with Crippen LogP contribution >= 0.6 is 21.6 Å². The molecule has 2 aromatic heterocycles. The Morgan fingerprint density at radius 2 is 1.23 bits per heavy atom. The van der Waals surface area contributed by atoms with Crippen LogP contribution in [0.15, 0.2) is 114 Å². The zero-order valence-electron chi connectivity index (χ0n) is 58.0. The Balaban J connectivity index is 0.657. The van der Waals surface area contributed by atoms with Gasteiger partial charge in [0.2, 0.25) is 23.7 Å². The molecule has 4 amide bonds. The number of anilines is 2. The number of carbonyl (C=O) groups excluding carboxylic acids is 6. The van der Waals surface area contributed by atoms with Crippen LogP contribution in [0, 0.1) is 5.92 Å². The fourth-order valence-electron chi connectivity index (χ4n) is 12.1. The zero-order chi connectivity index (χ0) is 69.5. The number of hydrogen-bond acceptors (Lipinski definition) is 16. The predicted octanol–water partition coefficient (Wildman–Crippen LogP) is 14.5. The minimum Gasteiger partial charge on any atom is -0.497 e. The van der Waals surface area contributed by atoms with Gasteiger partial charge in [0.1, 0.15) is 28.7 Å². The molecule has 19 nitrogen and oxygen atoms in total. The number of carbonyl (C=O) groups is 6. The molecule has 0 radical (unpaired) electrons. The SMILES string of the molecule is COc1ccc(C(OC[C@@H]2C[C@@H](O)CN2C(=O)CCC(C)SSCCCC(=O)CCCCCCCCCCCCCCCCC(=O)CC[C@@H](C)NC(=O)c2ccc(N(Cc3cnc4nc(NC(=O)C(C)C)[nH]c(=O)c4n3)C(C)=O)cc2)(c2ccccc2)c2ccc(OC)cc2)cc1. The monoisotopic (exact) mass is 1370 g/mol. The number of rotatable bonds is 44. The van der Waals surface area contributed by atoms with E-state index in [-0.39, 0.29) is 89.5 Å². The minimum absolute atomic E-state index is 0.00769. The summed E-state index contributed by atoms with van der Waals surface area (Å²) in [5.41, 5.74) is 2.42. The van der Waals surface area contributed by atoms with E-state index in [1.807, 2.05) is 78.6 Å². The van der Waals surface area contributed by atoms with Gasteiger partial charge in [0.25, 0.3) is 11.5 Å². The second kappa shape index (κ2) is 40.4. The lowest BCUT2D eigenvalue weighted by Crippen LogP contribution is -2.42. The summed E-state index contributed by atoms with van der Waals surface area (Å²) in [6, 6.07) is 32.0. The first-order chi connectivity index (χ1) is 46.9. The zero-order valence-corrected chi connectivity index (χ0v) is 59.6. The molecule has 3 heterocycles. The molecule has 6 aromatic rings. The molecule has 4 N–H and O–H groups in total. The molecule has 1 saturated heterocycles. The number of hydrogen-bond donors (Lipinski definition) is 4. The van der Waals surface area contributed by atoms with Crippen molar-refractivity contribution in [1.82, 2.24) is 30.2 Å². The van der Waals surface area contributed by atoms with Crippen molar-refractivity contribution in [3.63, 3.8) is 0 Å². The Hall–Kier alpha value is -7.46. The van der Waals surface area contributed by atoms with Gasteiger partial charge >= 0.3 is 0 Å². The average molecular weight is 1370 g/mol. The van der Waals surface area contributed by atoms with Crippen LogP contribution in [0.2, 0.25) is 0 Å². The van der Waals surface area contributed by atoms with Gasteiger partial charge in [-0.2, -0.15) is 4.98 Å². The number of ether oxygens (including phenoxy) is 3. The molecule has 1 fully saturated rings. The van der Waals surface area contributed by atoms with E-state index in [9.17, 15) is 38.7 Å². The first-order valence-electron chi connectivity index (χ1n) is 34.9. The van der Waals surface area contributed by atoms with Gasteiger partial charge in [-0.05, 0) is 111 Å². The van der Waals surface area contributed by atoms with Crippen LogP contribution in [0.4, 0.5) is 11.6 Å². The number of aliphatic hydroxyl groups is 1. The number of methoxy groups -OCH3 is 2. The van der Waals surface area contributed by atoms with Gasteiger partial charge in [0, 0.05) is 79.8 Å². The highest BCUT2D eigenvalue weighted by molar-refractivity contribution is 8.76. The second-order valence-electron chi connectivity index (χ2n) is 26.0. The van der Waals surface area contributed by atoms with Crippen LogP contribution in [-0.2, 0) is 40.9 Å². The molecule has 0 saturated carbocycles. The first kappa shape index (κ1) is 76.9. The quantitative estimate of drug-likeness (QED) is 0.0158. The highest BCUT2D eigenvalue weighted by Crippen LogP contribution is 2.43. The third-order valence-electron chi connectivity index (χ3n) is 17.8. The summed E-state index contributed by atoms with van der Waals surface area (Å²) in [6.07, 6.45) is 22.2. The maximum absolute atomic E-state index is 13.9. The van der Waals surface area contributed by atoms with E-state index < -0.39 is 17.3 Å². The van der Waals surface area contributed by atoms with Gasteiger partial charge in [0.15, 0.2) is 11.2 Å². The third kappa shape index (κ3) is 24.5. The maximum atomic E-state index is 13.9. The normalized spacial score (nSPS) is 14.5. The van der Waals surface area contributed by atoms with E-state index in [1.54, 1.807) is 73.9 Å². The summed E-state index contributed by atoms with van der Waals surface area (Å²) in [7, 11) is 6.85. The lowest BCUT2D eigenvalue weighted by Gasteiger charge is -2.38. The Labute approximate surface area is 581 Å². The van der Waals surface area contributed by atoms with Crippen molar-refractivity contribution in [2.24, 2.45) is 5.92 Å². The van der Waals surface area contributed by atoms with E-state index in [1.165, 1.54) is 75.8 Å². The fraction of sp³-hybridized carbons (Fsp3) is 0.526. The van der Waals surface area contributed by atoms with E-state index in [2.05, 4.69) is 49.6 Å². The van der Waals surface area contributed by atoms with Gasteiger partial charge in [-0.1, -0.05) is 174 Å². The number of likely N-dealkylation sites (tertiary alicyclic amines) is 1. The van der Waals surface area contributed by atoms with Crippen molar-refractivity contribution in [2.75, 3.05) is 43.3 Å². The van der Waals surface area contributed by atoms with Crippen molar-refractivity contribution in [3.8, 4) is 11.5 Å². The molecule has 0 aliphatic carbocycles. The van der Waals surface area contributed by atoms with E-state index >= 15 is 0 Å². The number of amides is 4. The molecule has 1 unspecified atom stereocenters. The molecule has 4 atom stereocenters. The highest BCUT2D eigenvalue weighted by Gasteiger charge is 2.42. The fourth-order valence-corrected chi connectivity index (χ4v) is 14.6. The number of aromatic amines is 1. The Kier molecular flexibility index (Phi) is 32.1. The Morgan fingerprint density at radius 1 is 0.680 bits per heavy atom. The highest BCUT2D eigenvalue weighted by atomic mass is 33.1. The van der Waals surface area contributed by atoms with E-state index in [0.717, 1.165) is 72.5 Å². The van der Waals surface area contributed by atoms with Crippen LogP contribution in [0.3, 0.4) is 0 Å². The molecule has 97 heavy (non-hydrogen) atoms. The third-order valence-corrected chi connectivity index (χ3v) is 20.9. The second-order valence-corrected chi connectivity index (χ2v) is 28.9. The predicted molar refractivity (Wildman–Crippen MR) is 387 cm³/mol. The number of β-amino-alcohol motifs (C(OH)–C–C–N with tert-alkyl or cyclic N) is 1. The lowest BCUT2D eigenvalue weighted by molar-refractivity contribution is -0.134. The molecular formula is C76H102N8O11S2. The number of fused-ring (bicyclic) bond motifs is 1. The average Bonchev–Trinajstić information content (AvgIpc) is 1.67. The standard InChI is InChI=1S/C76H102N8O11S2/c1-53(2)72(90)81-75-80-71-70(74(92)82-75)79-61(49-77-71)50-83(56(5)85)62-39-33-57(34-40-62)73(91)78-54(3)31-41-65(87)29-24-19-17-15-13-11-9-8-10-12-14-16-18-23-28-64(86)30-25-47-96-97-55(4)32-46-69(89)84-51-66(88)48-63(84)52-95-76(58-26-21-20-22-27-58,59-35-42-67(93-6)43-36-59)60-37-44-68(94-7)45-38-60/h20-22,26-27,33-40,42-45,49,53-55,63,66,88H,8-19,23-25,28-32,41,46-48,50-52H2,1-7H3,(H,78,91)(H2,77,80,81,82,90,92)/t54-,55?,63+,66-/m1/s1. The molecule has 21 heteroatoms. The van der Waals surface area contributed by atoms with E-state index in [4.69, 9.17) is 14.2 Å². The molecule has 0 spiro atoms. The number of nitrogens with one attached hydrogen (secondary N) is 3. The molecule has 7 rings (SSSR count).